The van der Waals surface area contributed by atoms with Crippen LogP contribution in [0.2, 0.25) is 0 Å². The molecule has 14 heavy (non-hydrogen) atoms. The Balaban J connectivity index is 2.05. The molecule has 1 saturated heterocycles. The highest BCUT2D eigenvalue weighted by molar-refractivity contribution is 7.99. The Kier molecular flexibility index (Phi) is 5.29. The van der Waals surface area contributed by atoms with Gasteiger partial charge in [-0.1, -0.05) is 0 Å². The van der Waals surface area contributed by atoms with Crippen LogP contribution in [0, 0.1) is 5.92 Å². The molecule has 1 aliphatic heterocycles. The average molecular weight is 219 g/mol. The van der Waals surface area contributed by atoms with E-state index in [-0.39, 0.29) is 0 Å². The van der Waals surface area contributed by atoms with Gasteiger partial charge in [0.25, 0.3) is 0 Å². The number of hydrogen-bond acceptors (Lipinski definition) is 4. The number of ether oxygens (including phenoxy) is 1. The second kappa shape index (κ2) is 6.27. The Hall–Kier alpha value is -0.260. The Labute approximate surface area is 88.2 Å². The monoisotopic (exact) mass is 219 g/mol. The van der Waals surface area contributed by atoms with Gasteiger partial charge in [-0.25, -0.2) is 0 Å². The van der Waals surface area contributed by atoms with Gasteiger partial charge in [-0.3, -0.25) is 4.79 Å². The van der Waals surface area contributed by atoms with E-state index in [4.69, 9.17) is 15.6 Å². The SMILES string of the molecule is N[C@H](CSCC1CCOCC1)C(=O)O. The molecule has 1 rings (SSSR count). The lowest BCUT2D eigenvalue weighted by Crippen LogP contribution is -2.33. The van der Waals surface area contributed by atoms with Crippen molar-refractivity contribution < 1.29 is 14.6 Å². The molecule has 0 aromatic heterocycles. The molecule has 0 aliphatic carbocycles. The number of thioether (sulfide) groups is 1. The van der Waals surface area contributed by atoms with Crippen molar-refractivity contribution in [3.05, 3.63) is 0 Å². The maximum atomic E-state index is 10.4. The van der Waals surface area contributed by atoms with Gasteiger partial charge >= 0.3 is 5.97 Å². The Morgan fingerprint density at radius 1 is 1.57 bits per heavy atom. The summed E-state index contributed by atoms with van der Waals surface area (Å²) in [5.41, 5.74) is 5.39. The van der Waals surface area contributed by atoms with Crippen LogP contribution in [0.4, 0.5) is 0 Å². The molecule has 1 aliphatic rings. The highest BCUT2D eigenvalue weighted by Gasteiger charge is 2.16. The minimum Gasteiger partial charge on any atom is -0.480 e. The number of rotatable bonds is 5. The maximum absolute atomic E-state index is 10.4. The number of carbonyl (C=O) groups is 1. The molecule has 1 fully saturated rings. The fourth-order valence-electron chi connectivity index (χ4n) is 1.35. The molecule has 0 aromatic carbocycles. The van der Waals surface area contributed by atoms with E-state index in [0.29, 0.717) is 11.7 Å². The summed E-state index contributed by atoms with van der Waals surface area (Å²) in [5.74, 6) is 1.27. The summed E-state index contributed by atoms with van der Waals surface area (Å²) >= 11 is 1.63. The van der Waals surface area contributed by atoms with Crippen LogP contribution in [0.15, 0.2) is 0 Å². The van der Waals surface area contributed by atoms with Crippen LogP contribution in [-0.4, -0.2) is 41.8 Å². The van der Waals surface area contributed by atoms with Crippen LogP contribution < -0.4 is 5.73 Å². The van der Waals surface area contributed by atoms with Gasteiger partial charge in [0.05, 0.1) is 0 Å². The number of carboxylic acids is 1. The maximum Gasteiger partial charge on any atom is 0.321 e. The standard InChI is InChI=1S/C9H17NO3S/c10-8(9(11)12)6-14-5-7-1-3-13-4-2-7/h7-8H,1-6,10H2,(H,11,12)/t8-/m1/s1. The largest absolute Gasteiger partial charge is 0.480 e. The van der Waals surface area contributed by atoms with Crippen molar-refractivity contribution >= 4 is 17.7 Å². The first-order valence-electron chi connectivity index (χ1n) is 4.84. The fraction of sp³-hybridized carbons (Fsp3) is 0.889. The van der Waals surface area contributed by atoms with Gasteiger partial charge in [0.15, 0.2) is 0 Å². The van der Waals surface area contributed by atoms with Gasteiger partial charge in [-0.15, -0.1) is 0 Å². The zero-order chi connectivity index (χ0) is 10.4. The molecule has 3 N–H and O–H groups in total. The van der Waals surface area contributed by atoms with E-state index in [1.165, 1.54) is 0 Å². The van der Waals surface area contributed by atoms with E-state index in [2.05, 4.69) is 0 Å². The van der Waals surface area contributed by atoms with Gasteiger partial charge in [-0.2, -0.15) is 11.8 Å². The average Bonchev–Trinajstić information content (AvgIpc) is 2.19. The first-order chi connectivity index (χ1) is 6.70. The zero-order valence-corrected chi connectivity index (χ0v) is 8.96. The summed E-state index contributed by atoms with van der Waals surface area (Å²) in [7, 11) is 0. The van der Waals surface area contributed by atoms with Crippen LogP contribution in [0.3, 0.4) is 0 Å². The van der Waals surface area contributed by atoms with Crippen molar-refractivity contribution in [1.29, 1.82) is 0 Å². The van der Waals surface area contributed by atoms with Gasteiger partial charge in [0.2, 0.25) is 0 Å². The lowest BCUT2D eigenvalue weighted by molar-refractivity contribution is -0.137. The smallest absolute Gasteiger partial charge is 0.321 e. The van der Waals surface area contributed by atoms with Crippen LogP contribution in [0.5, 0.6) is 0 Å². The van der Waals surface area contributed by atoms with Crippen molar-refractivity contribution in [1.82, 2.24) is 0 Å². The minimum absolute atomic E-state index is 0.507. The van der Waals surface area contributed by atoms with E-state index in [1.807, 2.05) is 0 Å². The molecular weight excluding hydrogens is 202 g/mol. The van der Waals surface area contributed by atoms with Crippen molar-refractivity contribution in [3.63, 3.8) is 0 Å². The highest BCUT2D eigenvalue weighted by Crippen LogP contribution is 2.19. The second-order valence-electron chi connectivity index (χ2n) is 3.54. The van der Waals surface area contributed by atoms with Gasteiger partial charge in [-0.05, 0) is 24.5 Å². The van der Waals surface area contributed by atoms with Crippen LogP contribution in [0.25, 0.3) is 0 Å². The van der Waals surface area contributed by atoms with E-state index >= 15 is 0 Å². The molecule has 4 nitrogen and oxygen atoms in total. The Morgan fingerprint density at radius 2 is 2.21 bits per heavy atom. The molecule has 0 amide bonds. The van der Waals surface area contributed by atoms with Gasteiger partial charge in [0.1, 0.15) is 6.04 Å². The van der Waals surface area contributed by atoms with Crippen molar-refractivity contribution in [2.45, 2.75) is 18.9 Å². The molecule has 0 radical (unpaired) electrons. The summed E-state index contributed by atoms with van der Waals surface area (Å²) in [6, 6.07) is -0.722. The number of nitrogens with two attached hydrogens (primary N) is 1. The number of aliphatic carboxylic acids is 1. The van der Waals surface area contributed by atoms with Crippen LogP contribution in [0.1, 0.15) is 12.8 Å². The molecule has 0 aromatic rings. The first kappa shape index (κ1) is 11.8. The van der Waals surface area contributed by atoms with E-state index in [0.717, 1.165) is 31.8 Å². The molecule has 1 heterocycles. The van der Waals surface area contributed by atoms with Crippen molar-refractivity contribution in [3.8, 4) is 0 Å². The molecule has 0 saturated carbocycles. The highest BCUT2D eigenvalue weighted by atomic mass is 32.2. The summed E-state index contributed by atoms with van der Waals surface area (Å²) < 4.78 is 5.24. The van der Waals surface area contributed by atoms with Crippen molar-refractivity contribution in [2.24, 2.45) is 11.7 Å². The summed E-state index contributed by atoms with van der Waals surface area (Å²) in [4.78, 5) is 10.4. The Bertz CT molecular complexity index is 183. The first-order valence-corrected chi connectivity index (χ1v) is 5.99. The van der Waals surface area contributed by atoms with Gasteiger partial charge < -0.3 is 15.6 Å². The third-order valence-electron chi connectivity index (χ3n) is 2.31. The van der Waals surface area contributed by atoms with Crippen molar-refractivity contribution in [2.75, 3.05) is 24.7 Å². The fourth-order valence-corrected chi connectivity index (χ4v) is 2.55. The van der Waals surface area contributed by atoms with E-state index in [1.54, 1.807) is 11.8 Å². The topological polar surface area (TPSA) is 72.5 Å². The van der Waals surface area contributed by atoms with Crippen LogP contribution in [-0.2, 0) is 9.53 Å². The molecule has 5 heteroatoms. The summed E-state index contributed by atoms with van der Waals surface area (Å²) in [5, 5.41) is 8.56. The zero-order valence-electron chi connectivity index (χ0n) is 8.15. The molecule has 0 bridgehead atoms. The third-order valence-corrected chi connectivity index (χ3v) is 3.61. The minimum atomic E-state index is -0.913. The summed E-state index contributed by atoms with van der Waals surface area (Å²) in [6.07, 6.45) is 2.19. The van der Waals surface area contributed by atoms with E-state index in [9.17, 15) is 4.79 Å². The van der Waals surface area contributed by atoms with Crippen LogP contribution >= 0.6 is 11.8 Å². The molecule has 1 atom stereocenters. The second-order valence-corrected chi connectivity index (χ2v) is 4.61. The predicted molar refractivity (Wildman–Crippen MR) is 56.5 cm³/mol. The normalized spacial score (nSPS) is 20.6. The molecular formula is C9H17NO3S. The number of carboxylic acid groups (broad SMARTS) is 1. The lowest BCUT2D eigenvalue weighted by Gasteiger charge is -2.21. The Morgan fingerprint density at radius 3 is 2.79 bits per heavy atom. The molecule has 0 spiro atoms. The molecule has 82 valence electrons. The lowest BCUT2D eigenvalue weighted by atomic mass is 10.0. The van der Waals surface area contributed by atoms with Gasteiger partial charge in [0, 0.05) is 19.0 Å². The third kappa shape index (κ3) is 4.30. The predicted octanol–water partition coefficient (Wildman–Crippen LogP) is 0.558. The van der Waals surface area contributed by atoms with E-state index < -0.39 is 12.0 Å². The summed E-state index contributed by atoms with van der Waals surface area (Å²) in [6.45, 7) is 1.69. The quantitative estimate of drug-likeness (QED) is 0.707. The number of hydrogen-bond donors (Lipinski definition) is 2. The molecule has 0 unspecified atom stereocenters.